The summed E-state index contributed by atoms with van der Waals surface area (Å²) in [6.45, 7) is 5.64. The molecule has 0 N–H and O–H groups in total. The number of ether oxygens (including phenoxy) is 1. The molecule has 1 aromatic rings. The van der Waals surface area contributed by atoms with Crippen molar-refractivity contribution in [3.63, 3.8) is 0 Å². The molecule has 80 valence electrons. The van der Waals surface area contributed by atoms with Crippen molar-refractivity contribution in [1.82, 2.24) is 0 Å². The molecule has 1 rings (SSSR count). The number of thiol groups is 1. The molecule has 0 spiro atoms. The van der Waals surface area contributed by atoms with Crippen molar-refractivity contribution >= 4 is 24.7 Å². The second-order valence-electron chi connectivity index (χ2n) is 3.23. The van der Waals surface area contributed by atoms with Crippen molar-refractivity contribution in [1.29, 1.82) is 0 Å². The molecular weight excluding hydrogens is 208 g/mol. The van der Waals surface area contributed by atoms with Crippen LogP contribution < -0.4 is 0 Å². The van der Waals surface area contributed by atoms with Gasteiger partial charge in [-0.1, -0.05) is 36.9 Å². The van der Waals surface area contributed by atoms with E-state index in [4.69, 9.17) is 4.74 Å². The minimum atomic E-state index is -0.377. The number of hydrogen-bond acceptors (Lipinski definition) is 3. The molecule has 0 bridgehead atoms. The predicted octanol–water partition coefficient (Wildman–Crippen LogP) is 2.69. The minimum Gasteiger partial charge on any atom is -0.460 e. The first kappa shape index (κ1) is 11.9. The Balaban J connectivity index is 2.51. The van der Waals surface area contributed by atoms with Gasteiger partial charge in [0.15, 0.2) is 0 Å². The zero-order valence-electron chi connectivity index (χ0n) is 8.64. The lowest BCUT2D eigenvalue weighted by atomic mass is 10.1. The van der Waals surface area contributed by atoms with Crippen molar-refractivity contribution in [2.24, 2.45) is 0 Å². The van der Waals surface area contributed by atoms with E-state index < -0.39 is 0 Å². The summed E-state index contributed by atoms with van der Waals surface area (Å²) in [7, 11) is 0. The van der Waals surface area contributed by atoms with Crippen LogP contribution in [0.25, 0.3) is 6.08 Å². The van der Waals surface area contributed by atoms with Crippen LogP contribution in [0, 0.1) is 0 Å². The van der Waals surface area contributed by atoms with Crippen LogP contribution in [0.4, 0.5) is 0 Å². The monoisotopic (exact) mass is 222 g/mol. The Kier molecular flexibility index (Phi) is 4.43. The molecule has 1 aromatic carbocycles. The zero-order valence-corrected chi connectivity index (χ0v) is 9.54. The maximum absolute atomic E-state index is 11.1. The molecule has 0 aliphatic carbocycles. The fourth-order valence-corrected chi connectivity index (χ4v) is 1.10. The van der Waals surface area contributed by atoms with Gasteiger partial charge in [-0.15, -0.1) is 0 Å². The number of esters is 1. The van der Waals surface area contributed by atoms with Gasteiger partial charge in [-0.05, 0) is 18.1 Å². The highest BCUT2D eigenvalue weighted by molar-refractivity contribution is 7.81. The lowest BCUT2D eigenvalue weighted by Crippen LogP contribution is -2.14. The lowest BCUT2D eigenvalue weighted by Gasteiger charge is -2.06. The highest BCUT2D eigenvalue weighted by Gasteiger charge is 2.08. The van der Waals surface area contributed by atoms with Gasteiger partial charge in [0.05, 0.1) is 5.25 Å². The summed E-state index contributed by atoms with van der Waals surface area (Å²) in [5.41, 5.74) is 2.01. The van der Waals surface area contributed by atoms with Gasteiger partial charge in [0.2, 0.25) is 0 Å². The lowest BCUT2D eigenvalue weighted by molar-refractivity contribution is -0.143. The average Bonchev–Trinajstić information content (AvgIpc) is 2.26. The number of carbonyl (C=O) groups excluding carboxylic acids is 1. The molecule has 15 heavy (non-hydrogen) atoms. The van der Waals surface area contributed by atoms with Gasteiger partial charge in [-0.2, -0.15) is 12.6 Å². The van der Waals surface area contributed by atoms with E-state index in [1.807, 2.05) is 24.3 Å². The summed E-state index contributed by atoms with van der Waals surface area (Å²) >= 11 is 3.98. The molecule has 2 nitrogen and oxygen atoms in total. The van der Waals surface area contributed by atoms with Crippen molar-refractivity contribution in [2.45, 2.75) is 18.8 Å². The Hall–Kier alpha value is -1.22. The Bertz CT molecular complexity index is 341. The number of benzene rings is 1. The zero-order chi connectivity index (χ0) is 11.3. The summed E-state index contributed by atoms with van der Waals surface area (Å²) in [5.74, 6) is -0.300. The summed E-state index contributed by atoms with van der Waals surface area (Å²) in [4.78, 5) is 11.1. The van der Waals surface area contributed by atoms with E-state index in [0.717, 1.165) is 11.1 Å². The van der Waals surface area contributed by atoms with Gasteiger partial charge in [0, 0.05) is 0 Å². The average molecular weight is 222 g/mol. The number of carbonyl (C=O) groups is 1. The first-order chi connectivity index (χ1) is 7.13. The van der Waals surface area contributed by atoms with Gasteiger partial charge in [-0.3, -0.25) is 4.79 Å². The highest BCUT2D eigenvalue weighted by Crippen LogP contribution is 2.07. The molecule has 1 unspecified atom stereocenters. The molecule has 0 fully saturated rings. The molecule has 0 amide bonds. The quantitative estimate of drug-likeness (QED) is 0.626. The van der Waals surface area contributed by atoms with Crippen LogP contribution in [0.1, 0.15) is 18.1 Å². The smallest absolute Gasteiger partial charge is 0.318 e. The van der Waals surface area contributed by atoms with Crippen LogP contribution in [0.2, 0.25) is 0 Å². The molecule has 0 saturated carbocycles. The van der Waals surface area contributed by atoms with Crippen LogP contribution in [-0.2, 0) is 16.1 Å². The standard InChI is InChI=1S/C12H14O2S/c1-3-10-4-6-11(7-5-10)8-14-12(13)9(2)15/h3-7,9,15H,1,8H2,2H3. The predicted molar refractivity (Wildman–Crippen MR) is 64.8 cm³/mol. The third-order valence-electron chi connectivity index (χ3n) is 1.94. The third-order valence-corrected chi connectivity index (χ3v) is 2.15. The van der Waals surface area contributed by atoms with Crippen molar-refractivity contribution in [3.05, 3.63) is 42.0 Å². The van der Waals surface area contributed by atoms with E-state index in [0.29, 0.717) is 6.61 Å². The summed E-state index contributed by atoms with van der Waals surface area (Å²) in [6, 6.07) is 7.68. The van der Waals surface area contributed by atoms with Gasteiger partial charge in [-0.25, -0.2) is 0 Å². The van der Waals surface area contributed by atoms with E-state index in [9.17, 15) is 4.79 Å². The van der Waals surface area contributed by atoms with Crippen molar-refractivity contribution < 1.29 is 9.53 Å². The van der Waals surface area contributed by atoms with Crippen LogP contribution in [0.3, 0.4) is 0 Å². The van der Waals surface area contributed by atoms with Gasteiger partial charge in [0.1, 0.15) is 6.61 Å². The maximum Gasteiger partial charge on any atom is 0.318 e. The van der Waals surface area contributed by atoms with Gasteiger partial charge in [0.25, 0.3) is 0 Å². The van der Waals surface area contributed by atoms with Crippen molar-refractivity contribution in [2.75, 3.05) is 0 Å². The Morgan fingerprint density at radius 2 is 2.13 bits per heavy atom. The fraction of sp³-hybridized carbons (Fsp3) is 0.250. The van der Waals surface area contributed by atoms with E-state index in [1.54, 1.807) is 13.0 Å². The number of hydrogen-bond donors (Lipinski definition) is 1. The van der Waals surface area contributed by atoms with E-state index in [-0.39, 0.29) is 11.2 Å². The molecule has 0 radical (unpaired) electrons. The van der Waals surface area contributed by atoms with Crippen LogP contribution in [0.15, 0.2) is 30.8 Å². The first-order valence-corrected chi connectivity index (χ1v) is 5.21. The summed E-state index contributed by atoms with van der Waals surface area (Å²) < 4.78 is 5.02. The van der Waals surface area contributed by atoms with E-state index >= 15 is 0 Å². The third kappa shape index (κ3) is 3.80. The molecule has 3 heteroatoms. The topological polar surface area (TPSA) is 26.3 Å². The van der Waals surface area contributed by atoms with Gasteiger partial charge >= 0.3 is 5.97 Å². The number of rotatable bonds is 4. The van der Waals surface area contributed by atoms with E-state index in [1.165, 1.54) is 0 Å². The fourth-order valence-electron chi connectivity index (χ4n) is 1.03. The highest BCUT2D eigenvalue weighted by atomic mass is 32.1. The molecule has 0 aliphatic rings. The SMILES string of the molecule is C=Cc1ccc(COC(=O)C(C)S)cc1. The second-order valence-corrected chi connectivity index (χ2v) is 4.00. The molecule has 0 aliphatic heterocycles. The normalized spacial score (nSPS) is 11.9. The molecular formula is C12H14O2S. The Labute approximate surface area is 95.4 Å². The van der Waals surface area contributed by atoms with Crippen LogP contribution in [0.5, 0.6) is 0 Å². The summed E-state index contributed by atoms with van der Waals surface area (Å²) in [6.07, 6.45) is 1.77. The van der Waals surface area contributed by atoms with Gasteiger partial charge < -0.3 is 4.74 Å². The van der Waals surface area contributed by atoms with Crippen LogP contribution in [-0.4, -0.2) is 11.2 Å². The molecule has 1 atom stereocenters. The van der Waals surface area contributed by atoms with Crippen LogP contribution >= 0.6 is 12.6 Å². The minimum absolute atomic E-state index is 0.293. The summed E-state index contributed by atoms with van der Waals surface area (Å²) in [5, 5.41) is -0.377. The van der Waals surface area contributed by atoms with E-state index in [2.05, 4.69) is 19.2 Å². The maximum atomic E-state index is 11.1. The van der Waals surface area contributed by atoms with Crippen molar-refractivity contribution in [3.8, 4) is 0 Å². The second kappa shape index (κ2) is 5.61. The largest absolute Gasteiger partial charge is 0.460 e. The molecule has 0 saturated heterocycles. The molecule has 0 heterocycles. The molecule has 0 aromatic heterocycles. The Morgan fingerprint density at radius 3 is 2.60 bits per heavy atom. The Morgan fingerprint density at radius 1 is 1.53 bits per heavy atom. The first-order valence-electron chi connectivity index (χ1n) is 4.69.